The molecule has 96 valence electrons. The Hall–Kier alpha value is -2.21. The molecule has 1 aliphatic heterocycles. The SMILES string of the molecule is O=C1C[C@H](c2ccc([N+](=O)[O-])cc2)c2sccc2N1. The van der Waals surface area contributed by atoms with Gasteiger partial charge in [-0.3, -0.25) is 14.9 Å². The fourth-order valence-electron chi connectivity index (χ4n) is 2.27. The van der Waals surface area contributed by atoms with E-state index in [0.29, 0.717) is 6.42 Å². The van der Waals surface area contributed by atoms with Crippen molar-refractivity contribution in [3.05, 3.63) is 56.3 Å². The predicted molar refractivity (Wildman–Crippen MR) is 72.5 cm³/mol. The molecule has 1 aliphatic rings. The van der Waals surface area contributed by atoms with Gasteiger partial charge in [0, 0.05) is 29.3 Å². The monoisotopic (exact) mass is 274 g/mol. The minimum Gasteiger partial charge on any atom is -0.325 e. The largest absolute Gasteiger partial charge is 0.325 e. The zero-order valence-electron chi connectivity index (χ0n) is 9.83. The van der Waals surface area contributed by atoms with E-state index in [4.69, 9.17) is 0 Å². The lowest BCUT2D eigenvalue weighted by Crippen LogP contribution is -2.21. The molecule has 0 unspecified atom stereocenters. The highest BCUT2D eigenvalue weighted by molar-refractivity contribution is 7.10. The van der Waals surface area contributed by atoms with Crippen LogP contribution >= 0.6 is 11.3 Å². The average Bonchev–Trinajstić information content (AvgIpc) is 2.85. The third-order valence-corrected chi connectivity index (χ3v) is 4.21. The van der Waals surface area contributed by atoms with Crippen molar-refractivity contribution in [2.75, 3.05) is 5.32 Å². The summed E-state index contributed by atoms with van der Waals surface area (Å²) in [5.74, 6) is -0.0289. The van der Waals surface area contributed by atoms with Crippen LogP contribution in [0.4, 0.5) is 11.4 Å². The Kier molecular flexibility index (Phi) is 2.79. The maximum atomic E-state index is 11.7. The Morgan fingerprint density at radius 3 is 2.68 bits per heavy atom. The molecule has 0 saturated heterocycles. The number of non-ortho nitro benzene ring substituents is 1. The van der Waals surface area contributed by atoms with Crippen LogP contribution in [0.15, 0.2) is 35.7 Å². The smallest absolute Gasteiger partial charge is 0.269 e. The maximum absolute atomic E-state index is 11.7. The summed E-state index contributed by atoms with van der Waals surface area (Å²) in [7, 11) is 0. The summed E-state index contributed by atoms with van der Waals surface area (Å²) in [4.78, 5) is 23.0. The molecule has 1 N–H and O–H groups in total. The highest BCUT2D eigenvalue weighted by Gasteiger charge is 2.27. The second kappa shape index (κ2) is 4.47. The number of benzene rings is 1. The third kappa shape index (κ3) is 2.10. The van der Waals surface area contributed by atoms with E-state index in [0.717, 1.165) is 16.1 Å². The lowest BCUT2D eigenvalue weighted by atomic mass is 9.90. The van der Waals surface area contributed by atoms with Gasteiger partial charge in [0.25, 0.3) is 5.69 Å². The number of rotatable bonds is 2. The molecular weight excluding hydrogens is 264 g/mol. The van der Waals surface area contributed by atoms with E-state index >= 15 is 0 Å². The maximum Gasteiger partial charge on any atom is 0.269 e. The standard InChI is InChI=1S/C13H10N2O3S/c16-12-7-10(13-11(14-12)5-6-19-13)8-1-3-9(4-2-8)15(17)18/h1-6,10H,7H2,(H,14,16)/t10-/m1/s1. The van der Waals surface area contributed by atoms with E-state index in [2.05, 4.69) is 5.32 Å². The predicted octanol–water partition coefficient (Wildman–Crippen LogP) is 3.13. The summed E-state index contributed by atoms with van der Waals surface area (Å²) in [5, 5.41) is 15.4. The van der Waals surface area contributed by atoms with Gasteiger partial charge < -0.3 is 5.32 Å². The van der Waals surface area contributed by atoms with Crippen LogP contribution in [-0.2, 0) is 4.79 Å². The number of hydrogen-bond donors (Lipinski definition) is 1. The van der Waals surface area contributed by atoms with Gasteiger partial charge in [-0.05, 0) is 17.0 Å². The van der Waals surface area contributed by atoms with Crippen LogP contribution in [0, 0.1) is 10.1 Å². The Labute approximate surface area is 113 Å². The first-order chi connectivity index (χ1) is 9.15. The van der Waals surface area contributed by atoms with E-state index in [-0.39, 0.29) is 17.5 Å². The van der Waals surface area contributed by atoms with Gasteiger partial charge in [0.15, 0.2) is 0 Å². The quantitative estimate of drug-likeness (QED) is 0.675. The van der Waals surface area contributed by atoms with Crippen molar-refractivity contribution in [3.8, 4) is 0 Å². The topological polar surface area (TPSA) is 72.2 Å². The van der Waals surface area contributed by atoms with Crippen LogP contribution in [0.25, 0.3) is 0 Å². The molecule has 1 amide bonds. The molecule has 1 aromatic carbocycles. The first kappa shape index (κ1) is 11.9. The molecule has 1 aromatic heterocycles. The summed E-state index contributed by atoms with van der Waals surface area (Å²) in [6, 6.07) is 8.30. The van der Waals surface area contributed by atoms with Gasteiger partial charge in [0.2, 0.25) is 5.91 Å². The van der Waals surface area contributed by atoms with E-state index in [9.17, 15) is 14.9 Å². The third-order valence-electron chi connectivity index (χ3n) is 3.18. The number of carbonyl (C=O) groups is 1. The molecule has 2 aromatic rings. The second-order valence-electron chi connectivity index (χ2n) is 4.35. The molecule has 2 heterocycles. The Balaban J connectivity index is 1.99. The molecule has 0 saturated carbocycles. The molecular formula is C13H10N2O3S. The van der Waals surface area contributed by atoms with Crippen molar-refractivity contribution in [2.24, 2.45) is 0 Å². The summed E-state index contributed by atoms with van der Waals surface area (Å²) in [6.45, 7) is 0. The fourth-order valence-corrected chi connectivity index (χ4v) is 3.25. The van der Waals surface area contributed by atoms with Gasteiger partial charge in [0.05, 0.1) is 10.6 Å². The number of fused-ring (bicyclic) bond motifs is 1. The first-order valence-corrected chi connectivity index (χ1v) is 6.64. The Bertz CT molecular complexity index is 648. The number of nitrogens with zero attached hydrogens (tertiary/aromatic N) is 1. The number of carbonyl (C=O) groups excluding carboxylic acids is 1. The number of nitro benzene ring substituents is 1. The van der Waals surface area contributed by atoms with Gasteiger partial charge in [-0.15, -0.1) is 11.3 Å². The Morgan fingerprint density at radius 1 is 1.26 bits per heavy atom. The van der Waals surface area contributed by atoms with Gasteiger partial charge in [-0.25, -0.2) is 0 Å². The lowest BCUT2D eigenvalue weighted by Gasteiger charge is -2.22. The number of hydrogen-bond acceptors (Lipinski definition) is 4. The van der Waals surface area contributed by atoms with Gasteiger partial charge >= 0.3 is 0 Å². The fraction of sp³-hybridized carbons (Fsp3) is 0.154. The molecule has 0 aliphatic carbocycles. The van der Waals surface area contributed by atoms with Crippen LogP contribution < -0.4 is 5.32 Å². The second-order valence-corrected chi connectivity index (χ2v) is 5.30. The summed E-state index contributed by atoms with van der Waals surface area (Å²) < 4.78 is 0. The molecule has 3 rings (SSSR count). The van der Waals surface area contributed by atoms with E-state index in [1.807, 2.05) is 11.4 Å². The number of nitro groups is 1. The molecule has 19 heavy (non-hydrogen) atoms. The van der Waals surface area contributed by atoms with Crippen LogP contribution in [0.3, 0.4) is 0 Å². The van der Waals surface area contributed by atoms with Gasteiger partial charge in [-0.2, -0.15) is 0 Å². The normalized spacial score (nSPS) is 17.7. The number of anilines is 1. The minimum atomic E-state index is -0.423. The average molecular weight is 274 g/mol. The highest BCUT2D eigenvalue weighted by Crippen LogP contribution is 2.40. The van der Waals surface area contributed by atoms with E-state index in [1.54, 1.807) is 23.5 Å². The molecule has 1 atom stereocenters. The van der Waals surface area contributed by atoms with Gasteiger partial charge in [-0.1, -0.05) is 12.1 Å². The lowest BCUT2D eigenvalue weighted by molar-refractivity contribution is -0.384. The molecule has 5 nitrogen and oxygen atoms in total. The van der Waals surface area contributed by atoms with Crippen LogP contribution in [0.1, 0.15) is 22.8 Å². The minimum absolute atomic E-state index is 0.00967. The molecule has 0 bridgehead atoms. The zero-order chi connectivity index (χ0) is 13.4. The van der Waals surface area contributed by atoms with Crippen LogP contribution in [0.2, 0.25) is 0 Å². The van der Waals surface area contributed by atoms with Crippen molar-refractivity contribution >= 4 is 28.6 Å². The number of nitrogens with one attached hydrogen (secondary N) is 1. The highest BCUT2D eigenvalue weighted by atomic mass is 32.1. The van der Waals surface area contributed by atoms with E-state index in [1.165, 1.54) is 12.1 Å². The molecule has 0 spiro atoms. The van der Waals surface area contributed by atoms with Crippen molar-refractivity contribution in [1.82, 2.24) is 0 Å². The first-order valence-electron chi connectivity index (χ1n) is 5.77. The molecule has 0 radical (unpaired) electrons. The number of amides is 1. The summed E-state index contributed by atoms with van der Waals surface area (Å²) >= 11 is 1.59. The molecule has 0 fully saturated rings. The van der Waals surface area contributed by atoms with Crippen molar-refractivity contribution in [1.29, 1.82) is 0 Å². The number of thiophene rings is 1. The van der Waals surface area contributed by atoms with Gasteiger partial charge in [0.1, 0.15) is 0 Å². The summed E-state index contributed by atoms with van der Waals surface area (Å²) in [5.41, 5.74) is 1.85. The van der Waals surface area contributed by atoms with Crippen LogP contribution in [0.5, 0.6) is 0 Å². The zero-order valence-corrected chi connectivity index (χ0v) is 10.6. The van der Waals surface area contributed by atoms with Crippen molar-refractivity contribution in [2.45, 2.75) is 12.3 Å². The Morgan fingerprint density at radius 2 is 2.00 bits per heavy atom. The van der Waals surface area contributed by atoms with Crippen molar-refractivity contribution < 1.29 is 9.72 Å². The van der Waals surface area contributed by atoms with E-state index < -0.39 is 4.92 Å². The molecule has 6 heteroatoms. The summed E-state index contributed by atoms with van der Waals surface area (Å²) in [6.07, 6.45) is 0.380. The van der Waals surface area contributed by atoms with Crippen molar-refractivity contribution in [3.63, 3.8) is 0 Å². The van der Waals surface area contributed by atoms with Crippen LogP contribution in [-0.4, -0.2) is 10.8 Å².